The van der Waals surface area contributed by atoms with Crippen molar-refractivity contribution in [3.05, 3.63) is 38.9 Å². The van der Waals surface area contributed by atoms with E-state index in [1.807, 2.05) is 0 Å². The molecule has 0 bridgehead atoms. The highest BCUT2D eigenvalue weighted by Crippen LogP contribution is 2.21. The van der Waals surface area contributed by atoms with Gasteiger partial charge >= 0.3 is 0 Å². The maximum atomic E-state index is 11.9. The fourth-order valence-corrected chi connectivity index (χ4v) is 2.39. The van der Waals surface area contributed by atoms with Gasteiger partial charge in [0.05, 0.1) is 15.5 Å². The molecule has 1 aromatic rings. The third kappa shape index (κ3) is 5.36. The summed E-state index contributed by atoms with van der Waals surface area (Å²) in [5.41, 5.74) is -0.0712. The average molecular weight is 319 g/mol. The third-order valence-electron chi connectivity index (χ3n) is 2.38. The summed E-state index contributed by atoms with van der Waals surface area (Å²) in [6.07, 6.45) is 0.718. The Morgan fingerprint density at radius 1 is 1.45 bits per heavy atom. The van der Waals surface area contributed by atoms with Crippen molar-refractivity contribution in [1.29, 1.82) is 0 Å². The van der Waals surface area contributed by atoms with Crippen LogP contribution in [0.1, 0.15) is 16.8 Å². The SMILES string of the molecule is O=C(NCCSCCCO)c1cc([N+](=O)[O-])ccc1Cl. The zero-order valence-electron chi connectivity index (χ0n) is 10.7. The molecule has 0 aliphatic heterocycles. The van der Waals surface area contributed by atoms with Gasteiger partial charge in [0.15, 0.2) is 0 Å². The number of hydrogen-bond donors (Lipinski definition) is 2. The van der Waals surface area contributed by atoms with E-state index in [-0.39, 0.29) is 22.9 Å². The van der Waals surface area contributed by atoms with Crippen molar-refractivity contribution in [3.8, 4) is 0 Å². The molecule has 1 rings (SSSR count). The van der Waals surface area contributed by atoms with Crippen LogP contribution < -0.4 is 5.32 Å². The second kappa shape index (κ2) is 8.78. The molecule has 110 valence electrons. The Bertz CT molecular complexity index is 485. The number of benzene rings is 1. The summed E-state index contributed by atoms with van der Waals surface area (Å²) in [7, 11) is 0. The van der Waals surface area contributed by atoms with Crippen molar-refractivity contribution in [2.45, 2.75) is 6.42 Å². The molecule has 0 spiro atoms. The van der Waals surface area contributed by atoms with Crippen LogP contribution in [0.3, 0.4) is 0 Å². The highest BCUT2D eigenvalue weighted by molar-refractivity contribution is 7.99. The largest absolute Gasteiger partial charge is 0.396 e. The molecule has 0 heterocycles. The molecular weight excluding hydrogens is 304 g/mol. The standard InChI is InChI=1S/C12H15ClN2O4S/c13-11-3-2-9(15(18)19)8-10(11)12(17)14-4-7-20-6-1-5-16/h2-3,8,16H,1,4-7H2,(H,14,17). The van der Waals surface area contributed by atoms with E-state index >= 15 is 0 Å². The van der Waals surface area contributed by atoms with Crippen molar-refractivity contribution in [2.24, 2.45) is 0 Å². The number of nitro groups is 1. The minimum absolute atomic E-state index is 0.0984. The molecule has 0 fully saturated rings. The van der Waals surface area contributed by atoms with E-state index in [4.69, 9.17) is 16.7 Å². The number of rotatable bonds is 8. The number of nitro benzene ring substituents is 1. The molecule has 1 aromatic carbocycles. The lowest BCUT2D eigenvalue weighted by Gasteiger charge is -2.06. The van der Waals surface area contributed by atoms with Crippen molar-refractivity contribution < 1.29 is 14.8 Å². The number of halogens is 1. The summed E-state index contributed by atoms with van der Waals surface area (Å²) in [6, 6.07) is 3.75. The quantitative estimate of drug-likeness (QED) is 0.435. The van der Waals surface area contributed by atoms with Crippen LogP contribution in [0, 0.1) is 10.1 Å². The number of aliphatic hydroxyl groups is 1. The predicted molar refractivity (Wildman–Crippen MR) is 79.5 cm³/mol. The van der Waals surface area contributed by atoms with E-state index in [2.05, 4.69) is 5.32 Å². The van der Waals surface area contributed by atoms with Crippen LogP contribution in [0.5, 0.6) is 0 Å². The Morgan fingerprint density at radius 2 is 2.20 bits per heavy atom. The summed E-state index contributed by atoms with van der Waals surface area (Å²) in [5.74, 6) is 1.10. The molecular formula is C12H15ClN2O4S. The van der Waals surface area contributed by atoms with Gasteiger partial charge in [-0.2, -0.15) is 11.8 Å². The molecule has 0 unspecified atom stereocenters. The highest BCUT2D eigenvalue weighted by Gasteiger charge is 2.15. The van der Waals surface area contributed by atoms with Crippen molar-refractivity contribution >= 4 is 35.0 Å². The highest BCUT2D eigenvalue weighted by atomic mass is 35.5. The molecule has 1 amide bonds. The normalized spacial score (nSPS) is 10.3. The number of non-ortho nitro benzene ring substituents is 1. The first-order valence-electron chi connectivity index (χ1n) is 5.97. The molecule has 2 N–H and O–H groups in total. The number of aliphatic hydroxyl groups excluding tert-OH is 1. The van der Waals surface area contributed by atoms with Crippen molar-refractivity contribution in [3.63, 3.8) is 0 Å². The van der Waals surface area contributed by atoms with Gasteiger partial charge in [-0.3, -0.25) is 14.9 Å². The molecule has 20 heavy (non-hydrogen) atoms. The van der Waals surface area contributed by atoms with E-state index in [1.54, 1.807) is 11.8 Å². The molecule has 8 heteroatoms. The van der Waals surface area contributed by atoms with Crippen LogP contribution in [-0.4, -0.2) is 40.6 Å². The number of carbonyl (C=O) groups is 1. The number of amides is 1. The zero-order valence-corrected chi connectivity index (χ0v) is 12.2. The lowest BCUT2D eigenvalue weighted by molar-refractivity contribution is -0.384. The monoisotopic (exact) mass is 318 g/mol. The van der Waals surface area contributed by atoms with Gasteiger partial charge in [0.2, 0.25) is 0 Å². The van der Waals surface area contributed by atoms with E-state index in [0.717, 1.165) is 18.2 Å². The molecule has 0 aromatic heterocycles. The molecule has 0 saturated carbocycles. The first-order chi connectivity index (χ1) is 9.56. The smallest absolute Gasteiger partial charge is 0.270 e. The Labute approximate surface area is 125 Å². The maximum Gasteiger partial charge on any atom is 0.270 e. The van der Waals surface area contributed by atoms with Gasteiger partial charge in [0, 0.05) is 31.0 Å². The molecule has 0 saturated heterocycles. The number of thioether (sulfide) groups is 1. The van der Waals surface area contributed by atoms with Crippen LogP contribution in [0.2, 0.25) is 5.02 Å². The molecule has 6 nitrogen and oxygen atoms in total. The number of nitrogens with zero attached hydrogens (tertiary/aromatic N) is 1. The van der Waals surface area contributed by atoms with Gasteiger partial charge in [-0.1, -0.05) is 11.6 Å². The summed E-state index contributed by atoms with van der Waals surface area (Å²) in [6.45, 7) is 0.594. The lowest BCUT2D eigenvalue weighted by atomic mass is 10.2. The second-order valence-corrected chi connectivity index (χ2v) is 5.50. The summed E-state index contributed by atoms with van der Waals surface area (Å²) < 4.78 is 0. The van der Waals surface area contributed by atoms with E-state index in [1.165, 1.54) is 12.1 Å². The van der Waals surface area contributed by atoms with E-state index in [9.17, 15) is 14.9 Å². The van der Waals surface area contributed by atoms with E-state index in [0.29, 0.717) is 12.3 Å². The number of nitrogens with one attached hydrogen (secondary N) is 1. The van der Waals surface area contributed by atoms with Gasteiger partial charge in [-0.05, 0) is 18.2 Å². The fourth-order valence-electron chi connectivity index (χ4n) is 1.40. The molecule has 0 aliphatic rings. The summed E-state index contributed by atoms with van der Waals surface area (Å²) >= 11 is 7.47. The Hall–Kier alpha value is -1.31. The molecule has 0 radical (unpaired) electrons. The number of carbonyl (C=O) groups excluding carboxylic acids is 1. The Balaban J connectivity index is 2.50. The van der Waals surface area contributed by atoms with Crippen LogP contribution in [0.15, 0.2) is 18.2 Å². The van der Waals surface area contributed by atoms with Gasteiger partial charge in [-0.25, -0.2) is 0 Å². The van der Waals surface area contributed by atoms with Crippen LogP contribution in [-0.2, 0) is 0 Å². The van der Waals surface area contributed by atoms with Gasteiger partial charge < -0.3 is 10.4 Å². The van der Waals surface area contributed by atoms with Crippen LogP contribution in [0.25, 0.3) is 0 Å². The molecule has 0 aliphatic carbocycles. The second-order valence-electron chi connectivity index (χ2n) is 3.87. The average Bonchev–Trinajstić information content (AvgIpc) is 2.42. The lowest BCUT2D eigenvalue weighted by Crippen LogP contribution is -2.26. The minimum Gasteiger partial charge on any atom is -0.396 e. The fraction of sp³-hybridized carbons (Fsp3) is 0.417. The Kier molecular flexibility index (Phi) is 7.35. The minimum atomic E-state index is -0.572. The van der Waals surface area contributed by atoms with Crippen LogP contribution >= 0.6 is 23.4 Å². The van der Waals surface area contributed by atoms with Crippen molar-refractivity contribution in [1.82, 2.24) is 5.32 Å². The zero-order chi connectivity index (χ0) is 15.0. The predicted octanol–water partition coefficient (Wildman–Crippen LogP) is 2.09. The van der Waals surface area contributed by atoms with Gasteiger partial charge in [0.25, 0.3) is 11.6 Å². The van der Waals surface area contributed by atoms with Gasteiger partial charge in [-0.15, -0.1) is 0 Å². The molecule has 0 atom stereocenters. The number of hydrogen-bond acceptors (Lipinski definition) is 5. The topological polar surface area (TPSA) is 92.5 Å². The first kappa shape index (κ1) is 16.7. The Morgan fingerprint density at radius 3 is 2.85 bits per heavy atom. The van der Waals surface area contributed by atoms with E-state index < -0.39 is 10.8 Å². The summed E-state index contributed by atoms with van der Waals surface area (Å²) in [4.78, 5) is 21.9. The summed E-state index contributed by atoms with van der Waals surface area (Å²) in [5, 5.41) is 22.1. The third-order valence-corrected chi connectivity index (χ3v) is 3.78. The maximum absolute atomic E-state index is 11.9. The van der Waals surface area contributed by atoms with Crippen LogP contribution in [0.4, 0.5) is 5.69 Å². The first-order valence-corrected chi connectivity index (χ1v) is 7.50. The van der Waals surface area contributed by atoms with Crippen molar-refractivity contribution in [2.75, 3.05) is 24.7 Å². The van der Waals surface area contributed by atoms with Gasteiger partial charge in [0.1, 0.15) is 0 Å².